The van der Waals surface area contributed by atoms with Gasteiger partial charge in [0.1, 0.15) is 0 Å². The Labute approximate surface area is 104 Å². The standard InChI is InChI=1S/C13H24ClNO/c1-10(13(2,3)4)7-12(16)15-6-5-11(8-14)9-15/h10-11H,5-9H2,1-4H3. The molecule has 1 aliphatic rings. The number of alkyl halides is 1. The summed E-state index contributed by atoms with van der Waals surface area (Å²) >= 11 is 5.82. The van der Waals surface area contributed by atoms with Crippen molar-refractivity contribution >= 4 is 17.5 Å². The van der Waals surface area contributed by atoms with Crippen LogP contribution in [0.4, 0.5) is 0 Å². The van der Waals surface area contributed by atoms with Gasteiger partial charge in [0.05, 0.1) is 0 Å². The van der Waals surface area contributed by atoms with Gasteiger partial charge in [-0.2, -0.15) is 0 Å². The van der Waals surface area contributed by atoms with E-state index in [9.17, 15) is 4.79 Å². The van der Waals surface area contributed by atoms with Gasteiger partial charge in [0.2, 0.25) is 5.91 Å². The minimum Gasteiger partial charge on any atom is -0.342 e. The molecule has 16 heavy (non-hydrogen) atoms. The van der Waals surface area contributed by atoms with Gasteiger partial charge in [-0.15, -0.1) is 11.6 Å². The van der Waals surface area contributed by atoms with Crippen LogP contribution >= 0.6 is 11.6 Å². The zero-order valence-corrected chi connectivity index (χ0v) is 11.7. The molecule has 0 saturated carbocycles. The molecule has 1 saturated heterocycles. The lowest BCUT2D eigenvalue weighted by atomic mass is 9.80. The third-order valence-corrected chi connectivity index (χ3v) is 4.25. The van der Waals surface area contributed by atoms with Crippen LogP contribution in [0.25, 0.3) is 0 Å². The zero-order chi connectivity index (χ0) is 12.3. The van der Waals surface area contributed by atoms with Crippen molar-refractivity contribution in [3.05, 3.63) is 0 Å². The van der Waals surface area contributed by atoms with E-state index in [1.807, 2.05) is 4.90 Å². The molecule has 0 aromatic heterocycles. The molecule has 2 atom stereocenters. The summed E-state index contributed by atoms with van der Waals surface area (Å²) in [4.78, 5) is 14.0. The van der Waals surface area contributed by atoms with E-state index in [2.05, 4.69) is 27.7 Å². The summed E-state index contributed by atoms with van der Waals surface area (Å²) in [5.41, 5.74) is 0.210. The number of rotatable bonds is 3. The average molecular weight is 246 g/mol. The lowest BCUT2D eigenvalue weighted by Crippen LogP contribution is -2.32. The Morgan fingerprint density at radius 1 is 1.50 bits per heavy atom. The molecule has 2 nitrogen and oxygen atoms in total. The van der Waals surface area contributed by atoms with E-state index in [1.54, 1.807) is 0 Å². The summed E-state index contributed by atoms with van der Waals surface area (Å²) in [6, 6.07) is 0. The zero-order valence-electron chi connectivity index (χ0n) is 10.9. The number of hydrogen-bond acceptors (Lipinski definition) is 1. The van der Waals surface area contributed by atoms with Crippen molar-refractivity contribution in [3.63, 3.8) is 0 Å². The van der Waals surface area contributed by atoms with Crippen LogP contribution in [0.15, 0.2) is 0 Å². The van der Waals surface area contributed by atoms with Crippen LogP contribution in [0, 0.1) is 17.3 Å². The number of hydrogen-bond donors (Lipinski definition) is 0. The van der Waals surface area contributed by atoms with Crippen LogP contribution < -0.4 is 0 Å². The van der Waals surface area contributed by atoms with Crippen LogP contribution in [0.2, 0.25) is 0 Å². The van der Waals surface area contributed by atoms with Gasteiger partial charge in [-0.1, -0.05) is 27.7 Å². The molecule has 3 heteroatoms. The van der Waals surface area contributed by atoms with Gasteiger partial charge in [-0.05, 0) is 23.7 Å². The number of carbonyl (C=O) groups excluding carboxylic acids is 1. The lowest BCUT2D eigenvalue weighted by Gasteiger charge is -2.28. The molecule has 1 fully saturated rings. The highest BCUT2D eigenvalue weighted by atomic mass is 35.5. The molecule has 1 amide bonds. The van der Waals surface area contributed by atoms with Crippen LogP contribution in [0.1, 0.15) is 40.5 Å². The number of halogens is 1. The summed E-state index contributed by atoms with van der Waals surface area (Å²) < 4.78 is 0. The molecular weight excluding hydrogens is 222 g/mol. The van der Waals surface area contributed by atoms with Crippen molar-refractivity contribution in [2.75, 3.05) is 19.0 Å². The van der Waals surface area contributed by atoms with Crippen molar-refractivity contribution in [1.82, 2.24) is 4.90 Å². The number of likely N-dealkylation sites (tertiary alicyclic amines) is 1. The van der Waals surface area contributed by atoms with Gasteiger partial charge < -0.3 is 4.90 Å². The van der Waals surface area contributed by atoms with E-state index < -0.39 is 0 Å². The van der Waals surface area contributed by atoms with Gasteiger partial charge in [0.15, 0.2) is 0 Å². The molecule has 0 N–H and O–H groups in total. The first-order valence-electron chi connectivity index (χ1n) is 6.18. The maximum Gasteiger partial charge on any atom is 0.222 e. The van der Waals surface area contributed by atoms with Gasteiger partial charge in [-0.3, -0.25) is 4.79 Å². The quantitative estimate of drug-likeness (QED) is 0.700. The minimum atomic E-state index is 0.210. The van der Waals surface area contributed by atoms with Crippen molar-refractivity contribution < 1.29 is 4.79 Å². The van der Waals surface area contributed by atoms with E-state index in [0.29, 0.717) is 30.0 Å². The van der Waals surface area contributed by atoms with Crippen LogP contribution in [-0.2, 0) is 4.79 Å². The molecule has 94 valence electrons. The van der Waals surface area contributed by atoms with E-state index in [-0.39, 0.29) is 5.41 Å². The Bertz CT molecular complexity index is 247. The van der Waals surface area contributed by atoms with E-state index in [0.717, 1.165) is 19.5 Å². The van der Waals surface area contributed by atoms with Crippen LogP contribution in [0.5, 0.6) is 0 Å². The van der Waals surface area contributed by atoms with Gasteiger partial charge in [0, 0.05) is 25.4 Å². The third-order valence-electron chi connectivity index (χ3n) is 3.82. The molecule has 0 aromatic carbocycles. The smallest absolute Gasteiger partial charge is 0.222 e. The minimum absolute atomic E-state index is 0.210. The topological polar surface area (TPSA) is 20.3 Å². The van der Waals surface area contributed by atoms with E-state index in [4.69, 9.17) is 11.6 Å². The first kappa shape index (κ1) is 13.8. The number of nitrogens with zero attached hydrogens (tertiary/aromatic N) is 1. The van der Waals surface area contributed by atoms with Gasteiger partial charge >= 0.3 is 0 Å². The SMILES string of the molecule is CC(CC(=O)N1CCC(CCl)C1)C(C)(C)C. The van der Waals surface area contributed by atoms with Gasteiger partial charge in [-0.25, -0.2) is 0 Å². The summed E-state index contributed by atoms with van der Waals surface area (Å²) in [5.74, 6) is 1.92. The second-order valence-corrected chi connectivity index (χ2v) is 6.43. The molecular formula is C13H24ClNO. The lowest BCUT2D eigenvalue weighted by molar-refractivity contribution is -0.132. The van der Waals surface area contributed by atoms with Crippen molar-refractivity contribution in [1.29, 1.82) is 0 Å². The molecule has 1 aliphatic heterocycles. The summed E-state index contributed by atoms with van der Waals surface area (Å²) in [5, 5.41) is 0. The first-order valence-corrected chi connectivity index (χ1v) is 6.71. The van der Waals surface area contributed by atoms with E-state index in [1.165, 1.54) is 0 Å². The molecule has 0 bridgehead atoms. The van der Waals surface area contributed by atoms with Crippen molar-refractivity contribution in [2.24, 2.45) is 17.3 Å². The monoisotopic (exact) mass is 245 g/mol. The highest BCUT2D eigenvalue weighted by molar-refractivity contribution is 6.18. The summed E-state index contributed by atoms with van der Waals surface area (Å²) in [6.07, 6.45) is 1.73. The molecule has 0 radical (unpaired) electrons. The molecule has 0 aromatic rings. The predicted molar refractivity (Wildman–Crippen MR) is 68.6 cm³/mol. The predicted octanol–water partition coefficient (Wildman–Crippen LogP) is 3.15. The summed E-state index contributed by atoms with van der Waals surface area (Å²) in [7, 11) is 0. The number of amides is 1. The Morgan fingerprint density at radius 2 is 2.12 bits per heavy atom. The fraction of sp³-hybridized carbons (Fsp3) is 0.923. The fourth-order valence-corrected chi connectivity index (χ4v) is 2.13. The largest absolute Gasteiger partial charge is 0.342 e. The Balaban J connectivity index is 2.42. The van der Waals surface area contributed by atoms with Gasteiger partial charge in [0.25, 0.3) is 0 Å². The second kappa shape index (κ2) is 5.39. The number of carbonyl (C=O) groups is 1. The highest BCUT2D eigenvalue weighted by Gasteiger charge is 2.29. The average Bonchev–Trinajstić information content (AvgIpc) is 2.64. The molecule has 1 heterocycles. The Morgan fingerprint density at radius 3 is 2.56 bits per heavy atom. The molecule has 0 spiro atoms. The van der Waals surface area contributed by atoms with Crippen molar-refractivity contribution in [2.45, 2.75) is 40.5 Å². The maximum absolute atomic E-state index is 12.0. The molecule has 0 aliphatic carbocycles. The van der Waals surface area contributed by atoms with E-state index >= 15 is 0 Å². The van der Waals surface area contributed by atoms with Crippen LogP contribution in [0.3, 0.4) is 0 Å². The third kappa shape index (κ3) is 3.65. The van der Waals surface area contributed by atoms with Crippen molar-refractivity contribution in [3.8, 4) is 0 Å². The maximum atomic E-state index is 12.0. The highest BCUT2D eigenvalue weighted by Crippen LogP contribution is 2.29. The fourth-order valence-electron chi connectivity index (χ4n) is 1.88. The Kier molecular flexibility index (Phi) is 4.66. The van der Waals surface area contributed by atoms with Crippen LogP contribution in [-0.4, -0.2) is 29.8 Å². The molecule has 2 unspecified atom stereocenters. The second-order valence-electron chi connectivity index (χ2n) is 6.12. The Hall–Kier alpha value is -0.240. The normalized spacial score (nSPS) is 23.6. The summed E-state index contributed by atoms with van der Waals surface area (Å²) in [6.45, 7) is 10.5. The molecule has 1 rings (SSSR count). The first-order chi connectivity index (χ1) is 7.34.